The fourth-order valence-electron chi connectivity index (χ4n) is 4.72. The van der Waals surface area contributed by atoms with Gasteiger partial charge in [-0.1, -0.05) is 43.5 Å². The van der Waals surface area contributed by atoms with Crippen molar-refractivity contribution in [2.75, 3.05) is 0 Å². The Hall–Kier alpha value is -2.66. The van der Waals surface area contributed by atoms with Gasteiger partial charge in [-0.2, -0.15) is 5.10 Å². The Morgan fingerprint density at radius 2 is 1.82 bits per heavy atom. The Morgan fingerprint density at radius 3 is 2.57 bits per heavy atom. The van der Waals surface area contributed by atoms with E-state index in [1.165, 1.54) is 24.8 Å². The van der Waals surface area contributed by atoms with Crippen LogP contribution in [-0.2, 0) is 16.8 Å². The van der Waals surface area contributed by atoms with Crippen LogP contribution < -0.4 is 10.7 Å². The topological polar surface area (TPSA) is 73.7 Å². The number of aromatic hydroxyl groups is 1. The Kier molecular flexibility index (Phi) is 4.94. The van der Waals surface area contributed by atoms with Gasteiger partial charge in [-0.3, -0.25) is 10.1 Å². The van der Waals surface area contributed by atoms with Crippen LogP contribution in [0.4, 0.5) is 0 Å². The zero-order chi connectivity index (χ0) is 19.6. The largest absolute Gasteiger partial charge is 0.508 e. The summed E-state index contributed by atoms with van der Waals surface area (Å²) in [7, 11) is 0. The summed E-state index contributed by atoms with van der Waals surface area (Å²) in [6, 6.07) is 14.9. The first-order chi connectivity index (χ1) is 13.5. The summed E-state index contributed by atoms with van der Waals surface area (Å²) in [5, 5.41) is 17.3. The Balaban J connectivity index is 1.58. The molecular formula is C23H27N3O2. The average molecular weight is 377 g/mol. The van der Waals surface area contributed by atoms with Crippen molar-refractivity contribution in [3.05, 3.63) is 65.2 Å². The highest BCUT2D eigenvalue weighted by Crippen LogP contribution is 2.41. The zero-order valence-corrected chi connectivity index (χ0v) is 16.2. The van der Waals surface area contributed by atoms with Gasteiger partial charge in [0.25, 0.3) is 5.91 Å². The molecule has 2 aromatic rings. The molecule has 1 amide bonds. The van der Waals surface area contributed by atoms with Crippen LogP contribution in [0.5, 0.6) is 5.75 Å². The second-order valence-corrected chi connectivity index (χ2v) is 8.22. The molecule has 1 atom stereocenters. The van der Waals surface area contributed by atoms with Crippen molar-refractivity contribution in [2.24, 2.45) is 5.10 Å². The molecule has 0 aromatic heterocycles. The molecule has 1 fully saturated rings. The molecular weight excluding hydrogens is 350 g/mol. The van der Waals surface area contributed by atoms with Gasteiger partial charge in [0.1, 0.15) is 11.3 Å². The van der Waals surface area contributed by atoms with Crippen LogP contribution in [-0.4, -0.2) is 22.8 Å². The van der Waals surface area contributed by atoms with E-state index in [-0.39, 0.29) is 17.2 Å². The highest BCUT2D eigenvalue weighted by Gasteiger charge is 2.48. The van der Waals surface area contributed by atoms with E-state index in [0.29, 0.717) is 0 Å². The van der Waals surface area contributed by atoms with Crippen LogP contribution in [0.2, 0.25) is 0 Å². The number of amides is 1. The van der Waals surface area contributed by atoms with Crippen LogP contribution in [0.15, 0.2) is 53.6 Å². The molecule has 2 aliphatic rings. The number of carbonyl (C=O) groups is 1. The lowest BCUT2D eigenvalue weighted by atomic mass is 9.69. The van der Waals surface area contributed by atoms with Gasteiger partial charge in [0, 0.05) is 5.54 Å². The average Bonchev–Trinajstić information content (AvgIpc) is 2.70. The summed E-state index contributed by atoms with van der Waals surface area (Å²) in [4.78, 5) is 13.2. The highest BCUT2D eigenvalue weighted by atomic mass is 16.3. The molecule has 1 spiro atoms. The lowest BCUT2D eigenvalue weighted by Gasteiger charge is -2.49. The summed E-state index contributed by atoms with van der Waals surface area (Å²) in [5.41, 5.74) is 4.98. The van der Waals surface area contributed by atoms with Gasteiger partial charge in [0.15, 0.2) is 0 Å². The van der Waals surface area contributed by atoms with Crippen LogP contribution in [0.1, 0.15) is 55.7 Å². The first-order valence-corrected chi connectivity index (χ1v) is 10.0. The quantitative estimate of drug-likeness (QED) is 0.565. The maximum Gasteiger partial charge on any atom is 0.264 e. The van der Waals surface area contributed by atoms with Crippen molar-refractivity contribution < 1.29 is 9.90 Å². The number of carbonyl (C=O) groups excluding carboxylic acids is 1. The fourth-order valence-corrected chi connectivity index (χ4v) is 4.72. The van der Waals surface area contributed by atoms with E-state index in [9.17, 15) is 9.90 Å². The number of nitrogens with zero attached hydrogens (tertiary/aromatic N) is 1. The number of nitrogens with one attached hydrogen (secondary N) is 2. The maximum absolute atomic E-state index is 13.2. The molecule has 146 valence electrons. The van der Waals surface area contributed by atoms with Crippen molar-refractivity contribution in [2.45, 2.75) is 56.5 Å². The number of rotatable bonds is 3. The molecule has 2 aromatic carbocycles. The van der Waals surface area contributed by atoms with Crippen molar-refractivity contribution in [1.29, 1.82) is 0 Å². The van der Waals surface area contributed by atoms with E-state index < -0.39 is 5.54 Å². The molecule has 5 nitrogen and oxygen atoms in total. The Morgan fingerprint density at radius 1 is 1.11 bits per heavy atom. The third kappa shape index (κ3) is 3.54. The second kappa shape index (κ2) is 7.40. The van der Waals surface area contributed by atoms with E-state index in [0.717, 1.165) is 30.4 Å². The first kappa shape index (κ1) is 18.7. The summed E-state index contributed by atoms with van der Waals surface area (Å²) in [6.45, 7) is 1.97. The first-order valence-electron chi connectivity index (χ1n) is 10.0. The van der Waals surface area contributed by atoms with E-state index >= 15 is 0 Å². The number of phenolic OH excluding ortho intramolecular Hbond substituents is 1. The van der Waals surface area contributed by atoms with Crippen LogP contribution in [0, 0.1) is 0 Å². The monoisotopic (exact) mass is 377 g/mol. The molecule has 28 heavy (non-hydrogen) atoms. The third-order valence-electron chi connectivity index (χ3n) is 6.14. The molecule has 1 heterocycles. The smallest absolute Gasteiger partial charge is 0.264 e. The molecule has 0 radical (unpaired) electrons. The number of phenols is 1. The summed E-state index contributed by atoms with van der Waals surface area (Å²) >= 11 is 0. The maximum atomic E-state index is 13.2. The van der Waals surface area contributed by atoms with E-state index in [4.69, 9.17) is 0 Å². The second-order valence-electron chi connectivity index (χ2n) is 8.22. The van der Waals surface area contributed by atoms with E-state index in [2.05, 4.69) is 28.0 Å². The molecule has 1 aliphatic carbocycles. The number of fused-ring (bicyclic) bond motifs is 1. The van der Waals surface area contributed by atoms with Crippen LogP contribution in [0.3, 0.4) is 0 Å². The van der Waals surface area contributed by atoms with E-state index in [1.807, 2.05) is 19.1 Å². The van der Waals surface area contributed by atoms with Gasteiger partial charge >= 0.3 is 0 Å². The highest BCUT2D eigenvalue weighted by molar-refractivity contribution is 5.89. The molecule has 5 heteroatoms. The minimum atomic E-state index is -0.821. The summed E-state index contributed by atoms with van der Waals surface area (Å²) in [6.07, 6.45) is 8.43. The Bertz CT molecular complexity index is 885. The minimum Gasteiger partial charge on any atom is -0.508 e. The fraction of sp³-hybridized carbons (Fsp3) is 0.391. The van der Waals surface area contributed by atoms with Gasteiger partial charge in [-0.05, 0) is 67.1 Å². The van der Waals surface area contributed by atoms with Crippen molar-refractivity contribution >= 4 is 12.1 Å². The minimum absolute atomic E-state index is 0.0145. The predicted molar refractivity (Wildman–Crippen MR) is 110 cm³/mol. The van der Waals surface area contributed by atoms with E-state index in [1.54, 1.807) is 30.5 Å². The third-order valence-corrected chi connectivity index (χ3v) is 6.14. The van der Waals surface area contributed by atoms with Crippen molar-refractivity contribution in [1.82, 2.24) is 10.7 Å². The van der Waals surface area contributed by atoms with Gasteiger partial charge in [0.05, 0.1) is 6.21 Å². The predicted octanol–water partition coefficient (Wildman–Crippen LogP) is 3.61. The summed E-state index contributed by atoms with van der Waals surface area (Å²) < 4.78 is 0. The van der Waals surface area contributed by atoms with Crippen molar-refractivity contribution in [3.8, 4) is 5.75 Å². The number of hydrogen-bond donors (Lipinski definition) is 3. The molecule has 1 saturated carbocycles. The number of hydrazone groups is 1. The van der Waals surface area contributed by atoms with Crippen LogP contribution in [0.25, 0.3) is 0 Å². The Labute approximate surface area is 165 Å². The van der Waals surface area contributed by atoms with Crippen LogP contribution >= 0.6 is 0 Å². The number of benzene rings is 2. The van der Waals surface area contributed by atoms with Crippen molar-refractivity contribution in [3.63, 3.8) is 0 Å². The molecule has 0 unspecified atom stereocenters. The molecule has 4 rings (SSSR count). The lowest BCUT2D eigenvalue weighted by molar-refractivity contribution is -0.129. The molecule has 0 bridgehead atoms. The number of hydrogen-bond acceptors (Lipinski definition) is 4. The van der Waals surface area contributed by atoms with Gasteiger partial charge in [-0.25, -0.2) is 5.43 Å². The molecule has 3 N–H and O–H groups in total. The molecule has 1 aliphatic heterocycles. The van der Waals surface area contributed by atoms with Gasteiger partial charge in [0.2, 0.25) is 0 Å². The standard InChI is InChI=1S/C23H27N3O2/c1-22(21(28)25-24-16-17-9-11-19(27)12-10-17)20-8-4-3-7-18(20)15-23(26-22)13-5-2-6-14-23/h3-4,7-12,16,26-27H,2,5-6,13-15H2,1H3,(H,25,28)/b24-16-/t22-/m0/s1. The molecule has 0 saturated heterocycles. The zero-order valence-electron chi connectivity index (χ0n) is 16.2. The SMILES string of the molecule is C[C@]1(C(=O)N/N=C\c2ccc(O)cc2)NC2(CCCCC2)Cc2ccccc21. The van der Waals surface area contributed by atoms with Gasteiger partial charge < -0.3 is 5.11 Å². The van der Waals surface area contributed by atoms with Gasteiger partial charge in [-0.15, -0.1) is 0 Å². The lowest BCUT2D eigenvalue weighted by Crippen LogP contribution is -2.65. The summed E-state index contributed by atoms with van der Waals surface area (Å²) in [5.74, 6) is 0.0501. The normalized spacial score (nSPS) is 23.5.